The lowest BCUT2D eigenvalue weighted by Crippen LogP contribution is -2.25. The molecule has 2 aliphatic rings. The Labute approximate surface area is 165 Å². The molecule has 4 rings (SSSR count). The summed E-state index contributed by atoms with van der Waals surface area (Å²) in [4.78, 5) is 2.43. The lowest BCUT2D eigenvalue weighted by atomic mass is 9.86. The molecule has 0 unspecified atom stereocenters. The number of anilines is 1. The Morgan fingerprint density at radius 2 is 2.11 bits per heavy atom. The number of nitriles is 1. The van der Waals surface area contributed by atoms with Gasteiger partial charge in [-0.25, -0.2) is 8.42 Å². The maximum Gasteiger partial charge on any atom is 0.229 e. The van der Waals surface area contributed by atoms with E-state index in [1.165, 1.54) is 0 Å². The van der Waals surface area contributed by atoms with Gasteiger partial charge >= 0.3 is 0 Å². The van der Waals surface area contributed by atoms with Crippen molar-refractivity contribution < 1.29 is 13.2 Å². The smallest absolute Gasteiger partial charge is 0.229 e. The van der Waals surface area contributed by atoms with Crippen LogP contribution in [0.2, 0.25) is 0 Å². The molecule has 2 aromatic rings. The number of sulfonamides is 1. The third-order valence-electron chi connectivity index (χ3n) is 5.45. The first-order valence-electron chi connectivity index (χ1n) is 9.37. The summed E-state index contributed by atoms with van der Waals surface area (Å²) < 4.78 is 31.3. The van der Waals surface area contributed by atoms with E-state index in [9.17, 15) is 13.7 Å². The SMILES string of the molecule is CS(=O)(=O)Nc1cccc(CCN2C[C@H]3COc4ccc(C#N)cc4[C@@H]3C2)c1. The quantitative estimate of drug-likeness (QED) is 0.839. The van der Waals surface area contributed by atoms with Crippen molar-refractivity contribution in [2.75, 3.05) is 37.2 Å². The fourth-order valence-corrected chi connectivity index (χ4v) is 4.75. The van der Waals surface area contributed by atoms with Gasteiger partial charge in [0, 0.05) is 42.7 Å². The zero-order valence-corrected chi connectivity index (χ0v) is 16.6. The number of fused-ring (bicyclic) bond motifs is 3. The molecule has 0 amide bonds. The standard InChI is InChI=1S/C21H23N3O3S/c1-28(25,26)23-18-4-2-3-15(9-18)7-8-24-12-17-14-27-21-6-5-16(11-22)10-19(21)20(17)13-24/h2-6,9-10,17,20,23H,7-8,12-14H2,1H3/t17-,20+/m0/s1. The van der Waals surface area contributed by atoms with Gasteiger partial charge in [0.2, 0.25) is 10.0 Å². The summed E-state index contributed by atoms with van der Waals surface area (Å²) in [6.45, 7) is 3.55. The molecule has 0 radical (unpaired) electrons. The summed E-state index contributed by atoms with van der Waals surface area (Å²) in [7, 11) is -3.27. The Balaban J connectivity index is 1.42. The molecule has 2 heterocycles. The van der Waals surface area contributed by atoms with Gasteiger partial charge in [0.15, 0.2) is 0 Å². The van der Waals surface area contributed by atoms with Crippen molar-refractivity contribution in [3.63, 3.8) is 0 Å². The highest BCUT2D eigenvalue weighted by Crippen LogP contribution is 2.41. The summed E-state index contributed by atoms with van der Waals surface area (Å²) in [6, 6.07) is 15.5. The Hall–Kier alpha value is -2.56. The first kappa shape index (κ1) is 18.8. The number of nitrogens with zero attached hydrogens (tertiary/aromatic N) is 2. The molecule has 2 atom stereocenters. The number of hydrogen-bond acceptors (Lipinski definition) is 5. The van der Waals surface area contributed by atoms with Gasteiger partial charge in [-0.3, -0.25) is 4.72 Å². The van der Waals surface area contributed by atoms with Crippen molar-refractivity contribution in [1.29, 1.82) is 5.26 Å². The molecule has 0 saturated carbocycles. The maximum absolute atomic E-state index is 11.4. The molecule has 1 N–H and O–H groups in total. The summed E-state index contributed by atoms with van der Waals surface area (Å²) in [6.07, 6.45) is 2.01. The number of likely N-dealkylation sites (tertiary alicyclic amines) is 1. The minimum atomic E-state index is -3.27. The molecule has 0 bridgehead atoms. The predicted octanol–water partition coefficient (Wildman–Crippen LogP) is 2.58. The molecule has 28 heavy (non-hydrogen) atoms. The Kier molecular flexibility index (Phi) is 5.00. The fraction of sp³-hybridized carbons (Fsp3) is 0.381. The lowest BCUT2D eigenvalue weighted by molar-refractivity contribution is 0.213. The third-order valence-corrected chi connectivity index (χ3v) is 6.06. The molecule has 2 aliphatic heterocycles. The van der Waals surface area contributed by atoms with Gasteiger partial charge in [0.05, 0.1) is 24.5 Å². The number of rotatable bonds is 5. The number of ether oxygens (including phenoxy) is 1. The van der Waals surface area contributed by atoms with E-state index >= 15 is 0 Å². The lowest BCUT2D eigenvalue weighted by Gasteiger charge is -2.27. The molecule has 0 aromatic heterocycles. The predicted molar refractivity (Wildman–Crippen MR) is 108 cm³/mol. The van der Waals surface area contributed by atoms with Crippen molar-refractivity contribution >= 4 is 15.7 Å². The van der Waals surface area contributed by atoms with E-state index in [-0.39, 0.29) is 0 Å². The van der Waals surface area contributed by atoms with Crippen LogP contribution in [-0.4, -0.2) is 45.8 Å². The second-order valence-corrected chi connectivity index (χ2v) is 9.37. The highest BCUT2D eigenvalue weighted by atomic mass is 32.2. The van der Waals surface area contributed by atoms with Gasteiger partial charge in [-0.15, -0.1) is 0 Å². The van der Waals surface area contributed by atoms with Crippen molar-refractivity contribution in [2.45, 2.75) is 12.3 Å². The Morgan fingerprint density at radius 3 is 2.89 bits per heavy atom. The second kappa shape index (κ2) is 7.46. The van der Waals surface area contributed by atoms with Crippen molar-refractivity contribution in [3.05, 3.63) is 59.2 Å². The highest BCUT2D eigenvalue weighted by Gasteiger charge is 2.38. The third kappa shape index (κ3) is 4.13. The van der Waals surface area contributed by atoms with Crippen LogP contribution >= 0.6 is 0 Å². The molecule has 0 spiro atoms. The molecule has 2 aromatic carbocycles. The zero-order valence-electron chi connectivity index (χ0n) is 15.8. The van der Waals surface area contributed by atoms with Crippen molar-refractivity contribution in [1.82, 2.24) is 4.90 Å². The van der Waals surface area contributed by atoms with E-state index in [4.69, 9.17) is 4.74 Å². The van der Waals surface area contributed by atoms with Gasteiger partial charge in [-0.2, -0.15) is 5.26 Å². The minimum absolute atomic E-state index is 0.398. The van der Waals surface area contributed by atoms with Crippen LogP contribution in [0.25, 0.3) is 0 Å². The van der Waals surface area contributed by atoms with Crippen molar-refractivity contribution in [3.8, 4) is 11.8 Å². The fourth-order valence-electron chi connectivity index (χ4n) is 4.19. The van der Waals surface area contributed by atoms with E-state index in [0.29, 0.717) is 29.7 Å². The van der Waals surface area contributed by atoms with Crippen LogP contribution in [0.15, 0.2) is 42.5 Å². The normalized spacial score (nSPS) is 21.3. The van der Waals surface area contributed by atoms with Crippen LogP contribution in [0.1, 0.15) is 22.6 Å². The van der Waals surface area contributed by atoms with Crippen LogP contribution in [0.5, 0.6) is 5.75 Å². The van der Waals surface area contributed by atoms with Gasteiger partial charge in [0.25, 0.3) is 0 Å². The number of hydrogen-bond donors (Lipinski definition) is 1. The molecule has 0 aliphatic carbocycles. The van der Waals surface area contributed by atoms with Crippen LogP contribution in [-0.2, 0) is 16.4 Å². The first-order chi connectivity index (χ1) is 13.4. The topological polar surface area (TPSA) is 82.4 Å². The van der Waals surface area contributed by atoms with E-state index in [1.807, 2.05) is 36.4 Å². The van der Waals surface area contributed by atoms with Crippen molar-refractivity contribution in [2.24, 2.45) is 5.92 Å². The minimum Gasteiger partial charge on any atom is -0.493 e. The average molecular weight is 398 g/mol. The summed E-state index contributed by atoms with van der Waals surface area (Å²) >= 11 is 0. The van der Waals surface area contributed by atoms with Crippen LogP contribution in [0.4, 0.5) is 5.69 Å². The van der Waals surface area contributed by atoms with E-state index in [0.717, 1.165) is 49.2 Å². The van der Waals surface area contributed by atoms with Gasteiger partial charge in [-0.05, 0) is 42.3 Å². The first-order valence-corrected chi connectivity index (χ1v) is 11.3. The summed E-state index contributed by atoms with van der Waals surface area (Å²) in [5.41, 5.74) is 3.53. The summed E-state index contributed by atoms with van der Waals surface area (Å²) in [5.74, 6) is 1.75. The van der Waals surface area contributed by atoms with Crippen LogP contribution in [0, 0.1) is 17.2 Å². The molecule has 146 valence electrons. The maximum atomic E-state index is 11.4. The molecule has 1 fully saturated rings. The Morgan fingerprint density at radius 1 is 1.25 bits per heavy atom. The molecular weight excluding hydrogens is 374 g/mol. The summed E-state index contributed by atoms with van der Waals surface area (Å²) in [5, 5.41) is 9.19. The van der Waals surface area contributed by atoms with Crippen LogP contribution < -0.4 is 9.46 Å². The highest BCUT2D eigenvalue weighted by molar-refractivity contribution is 7.92. The van der Waals surface area contributed by atoms with Crippen LogP contribution in [0.3, 0.4) is 0 Å². The molecule has 7 heteroatoms. The Bertz CT molecular complexity index is 1030. The van der Waals surface area contributed by atoms with Gasteiger partial charge in [-0.1, -0.05) is 12.1 Å². The number of nitrogens with one attached hydrogen (secondary N) is 1. The monoisotopic (exact) mass is 397 g/mol. The zero-order chi connectivity index (χ0) is 19.7. The van der Waals surface area contributed by atoms with Gasteiger partial charge in [0.1, 0.15) is 5.75 Å². The van der Waals surface area contributed by atoms with Gasteiger partial charge < -0.3 is 9.64 Å². The molecular formula is C21H23N3O3S. The molecule has 1 saturated heterocycles. The van der Waals surface area contributed by atoms with E-state index < -0.39 is 10.0 Å². The van der Waals surface area contributed by atoms with E-state index in [2.05, 4.69) is 15.7 Å². The molecule has 6 nitrogen and oxygen atoms in total. The number of benzene rings is 2. The van der Waals surface area contributed by atoms with E-state index in [1.54, 1.807) is 6.07 Å². The average Bonchev–Trinajstić information content (AvgIpc) is 3.08. The second-order valence-electron chi connectivity index (χ2n) is 7.63. The largest absolute Gasteiger partial charge is 0.493 e.